The van der Waals surface area contributed by atoms with Crippen molar-refractivity contribution in [2.75, 3.05) is 5.32 Å². The molecule has 4 rings (SSSR count). The summed E-state index contributed by atoms with van der Waals surface area (Å²) in [6.07, 6.45) is 4.53. The van der Waals surface area contributed by atoms with E-state index in [0.29, 0.717) is 32.9 Å². The molecule has 0 bridgehead atoms. The number of nitrogens with zero attached hydrogens (tertiary/aromatic N) is 4. The van der Waals surface area contributed by atoms with E-state index < -0.39 is 0 Å². The summed E-state index contributed by atoms with van der Waals surface area (Å²) in [5.41, 5.74) is 1.50. The summed E-state index contributed by atoms with van der Waals surface area (Å²) in [5, 5.41) is 8.10. The highest BCUT2D eigenvalue weighted by Gasteiger charge is 2.19. The van der Waals surface area contributed by atoms with Gasteiger partial charge in [0.1, 0.15) is 18.3 Å². The summed E-state index contributed by atoms with van der Waals surface area (Å²) in [6.45, 7) is 1.84. The van der Waals surface area contributed by atoms with Crippen LogP contribution in [0.4, 0.5) is 5.69 Å². The Morgan fingerprint density at radius 3 is 2.96 bits per heavy atom. The Morgan fingerprint density at radius 2 is 2.23 bits per heavy atom. The number of aromatic nitrogens is 4. The highest BCUT2D eigenvalue weighted by Crippen LogP contribution is 2.29. The number of carbonyl (C=O) groups excluding carboxylic acids is 1. The Morgan fingerprint density at radius 1 is 1.35 bits per heavy atom. The maximum Gasteiger partial charge on any atom is 0.275 e. The fourth-order valence-corrected chi connectivity index (χ4v) is 3.49. The molecule has 0 spiro atoms. The van der Waals surface area contributed by atoms with Crippen molar-refractivity contribution >= 4 is 34.5 Å². The molecule has 0 radical (unpaired) electrons. The van der Waals surface area contributed by atoms with Crippen LogP contribution in [0.2, 0.25) is 5.02 Å². The quantitative estimate of drug-likeness (QED) is 0.569. The SMILES string of the molecule is Cc1sc(-c2ccco2)nc1C(=O)Nc1cc(Cl)ccc1-n1cncn1. The average molecular weight is 386 g/mol. The van der Waals surface area contributed by atoms with Gasteiger partial charge in [-0.05, 0) is 37.3 Å². The van der Waals surface area contributed by atoms with E-state index in [0.717, 1.165) is 4.88 Å². The van der Waals surface area contributed by atoms with E-state index in [2.05, 4.69) is 20.4 Å². The van der Waals surface area contributed by atoms with Crippen LogP contribution >= 0.6 is 22.9 Å². The van der Waals surface area contributed by atoms with E-state index in [-0.39, 0.29) is 5.91 Å². The van der Waals surface area contributed by atoms with Crippen molar-refractivity contribution in [3.63, 3.8) is 0 Å². The molecule has 0 aliphatic heterocycles. The summed E-state index contributed by atoms with van der Waals surface area (Å²) in [5.74, 6) is 0.295. The first-order valence-electron chi connectivity index (χ1n) is 7.59. The van der Waals surface area contributed by atoms with Gasteiger partial charge in [0.05, 0.1) is 17.6 Å². The van der Waals surface area contributed by atoms with Gasteiger partial charge in [0.25, 0.3) is 5.91 Å². The van der Waals surface area contributed by atoms with Crippen LogP contribution in [-0.4, -0.2) is 25.7 Å². The van der Waals surface area contributed by atoms with E-state index in [1.807, 2.05) is 6.92 Å². The van der Waals surface area contributed by atoms with Crippen molar-refractivity contribution in [2.24, 2.45) is 0 Å². The number of anilines is 1. The maximum atomic E-state index is 12.8. The number of aryl methyl sites for hydroxylation is 1. The summed E-state index contributed by atoms with van der Waals surface area (Å²) in [6, 6.07) is 8.72. The van der Waals surface area contributed by atoms with Crippen LogP contribution in [0.15, 0.2) is 53.7 Å². The Bertz CT molecular complexity index is 1060. The van der Waals surface area contributed by atoms with E-state index in [9.17, 15) is 4.79 Å². The molecule has 3 aromatic heterocycles. The van der Waals surface area contributed by atoms with Gasteiger partial charge in [0.2, 0.25) is 0 Å². The monoisotopic (exact) mass is 385 g/mol. The van der Waals surface area contributed by atoms with Crippen molar-refractivity contribution in [3.05, 3.63) is 64.8 Å². The first-order chi connectivity index (χ1) is 12.6. The number of rotatable bonds is 4. The second kappa shape index (κ2) is 6.74. The number of hydrogen-bond donors (Lipinski definition) is 1. The van der Waals surface area contributed by atoms with Gasteiger partial charge in [0, 0.05) is 9.90 Å². The lowest BCUT2D eigenvalue weighted by molar-refractivity contribution is 0.102. The minimum absolute atomic E-state index is 0.333. The molecule has 0 saturated heterocycles. The molecule has 0 fully saturated rings. The number of furan rings is 1. The van der Waals surface area contributed by atoms with Crippen molar-refractivity contribution in [1.29, 1.82) is 0 Å². The minimum atomic E-state index is -0.333. The molecule has 9 heteroatoms. The molecule has 0 aliphatic carbocycles. The number of hydrogen-bond acceptors (Lipinski definition) is 6. The van der Waals surface area contributed by atoms with Crippen LogP contribution in [0.3, 0.4) is 0 Å². The number of carbonyl (C=O) groups is 1. The highest BCUT2D eigenvalue weighted by atomic mass is 35.5. The second-order valence-electron chi connectivity index (χ2n) is 5.36. The highest BCUT2D eigenvalue weighted by molar-refractivity contribution is 7.15. The van der Waals surface area contributed by atoms with Gasteiger partial charge in [0.15, 0.2) is 10.8 Å². The van der Waals surface area contributed by atoms with Gasteiger partial charge >= 0.3 is 0 Å². The average Bonchev–Trinajstić information content (AvgIpc) is 3.36. The molecule has 130 valence electrons. The lowest BCUT2D eigenvalue weighted by atomic mass is 10.2. The number of nitrogens with one attached hydrogen (secondary N) is 1. The zero-order valence-electron chi connectivity index (χ0n) is 13.5. The number of benzene rings is 1. The molecule has 26 heavy (non-hydrogen) atoms. The Labute approximate surface area is 157 Å². The van der Waals surface area contributed by atoms with Crippen molar-refractivity contribution in [1.82, 2.24) is 19.7 Å². The van der Waals surface area contributed by atoms with Gasteiger partial charge in [-0.1, -0.05) is 11.6 Å². The molecule has 4 aromatic rings. The number of amides is 1. The largest absolute Gasteiger partial charge is 0.462 e. The van der Waals surface area contributed by atoms with E-state index >= 15 is 0 Å². The summed E-state index contributed by atoms with van der Waals surface area (Å²) in [7, 11) is 0. The van der Waals surface area contributed by atoms with Crippen LogP contribution in [-0.2, 0) is 0 Å². The third kappa shape index (κ3) is 3.12. The van der Waals surface area contributed by atoms with E-state index in [4.69, 9.17) is 16.0 Å². The second-order valence-corrected chi connectivity index (χ2v) is 7.00. The molecule has 1 amide bonds. The summed E-state index contributed by atoms with van der Waals surface area (Å²) < 4.78 is 6.90. The smallest absolute Gasteiger partial charge is 0.275 e. The molecule has 0 atom stereocenters. The molecule has 7 nitrogen and oxygen atoms in total. The van der Waals surface area contributed by atoms with Crippen molar-refractivity contribution < 1.29 is 9.21 Å². The van der Waals surface area contributed by atoms with Gasteiger partial charge in [-0.15, -0.1) is 11.3 Å². The maximum absolute atomic E-state index is 12.8. The molecule has 3 heterocycles. The number of thiazole rings is 1. The van der Waals surface area contributed by atoms with Crippen LogP contribution in [0.5, 0.6) is 0 Å². The standard InChI is InChI=1S/C17H12ClN5O2S/c1-10-15(22-17(26-10)14-3-2-6-25-14)16(24)21-12-7-11(18)4-5-13(12)23-9-19-8-20-23/h2-9H,1H3,(H,21,24). The topological polar surface area (TPSA) is 85.8 Å². The van der Waals surface area contributed by atoms with Crippen LogP contribution < -0.4 is 5.32 Å². The Balaban J connectivity index is 1.66. The van der Waals surface area contributed by atoms with E-state index in [1.165, 1.54) is 17.7 Å². The summed E-state index contributed by atoms with van der Waals surface area (Å²) >= 11 is 7.48. The van der Waals surface area contributed by atoms with Crippen LogP contribution in [0.25, 0.3) is 16.5 Å². The third-order valence-electron chi connectivity index (χ3n) is 3.62. The van der Waals surface area contributed by atoms with Gasteiger partial charge in [-0.3, -0.25) is 4.79 Å². The normalized spacial score (nSPS) is 10.8. The van der Waals surface area contributed by atoms with E-state index in [1.54, 1.807) is 47.6 Å². The van der Waals surface area contributed by atoms with Crippen molar-refractivity contribution in [3.8, 4) is 16.5 Å². The summed E-state index contributed by atoms with van der Waals surface area (Å²) in [4.78, 5) is 21.9. The predicted molar refractivity (Wildman–Crippen MR) is 98.9 cm³/mol. The molecule has 0 unspecified atom stereocenters. The molecule has 1 N–H and O–H groups in total. The van der Waals surface area contributed by atoms with Crippen molar-refractivity contribution in [2.45, 2.75) is 6.92 Å². The van der Waals surface area contributed by atoms with Crippen LogP contribution in [0, 0.1) is 6.92 Å². The Hall–Kier alpha value is -2.97. The lowest BCUT2D eigenvalue weighted by Crippen LogP contribution is -2.15. The zero-order chi connectivity index (χ0) is 18.1. The molecular weight excluding hydrogens is 374 g/mol. The van der Waals surface area contributed by atoms with Gasteiger partial charge < -0.3 is 9.73 Å². The minimum Gasteiger partial charge on any atom is -0.462 e. The predicted octanol–water partition coefficient (Wildman–Crippen LogP) is 4.20. The lowest BCUT2D eigenvalue weighted by Gasteiger charge is -2.10. The molecule has 1 aromatic carbocycles. The number of halogens is 1. The first kappa shape index (κ1) is 16.5. The molecule has 0 aliphatic rings. The zero-order valence-corrected chi connectivity index (χ0v) is 15.1. The molecular formula is C17H12ClN5O2S. The van der Waals surface area contributed by atoms with Gasteiger partial charge in [-0.25, -0.2) is 14.6 Å². The molecule has 0 saturated carbocycles. The fourth-order valence-electron chi connectivity index (χ4n) is 2.44. The fraction of sp³-hybridized carbons (Fsp3) is 0.0588. The third-order valence-corrected chi connectivity index (χ3v) is 4.84. The van der Waals surface area contributed by atoms with Gasteiger partial charge in [-0.2, -0.15) is 5.10 Å². The first-order valence-corrected chi connectivity index (χ1v) is 8.78. The Kier molecular flexibility index (Phi) is 4.27. The van der Waals surface area contributed by atoms with Crippen LogP contribution in [0.1, 0.15) is 15.4 Å².